The zero-order valence-corrected chi connectivity index (χ0v) is 24.6. The second kappa shape index (κ2) is 13.2. The van der Waals surface area contributed by atoms with Gasteiger partial charge in [0.05, 0.1) is 31.2 Å². The highest BCUT2D eigenvalue weighted by Gasteiger charge is 2.23. The first kappa shape index (κ1) is 30.1. The van der Waals surface area contributed by atoms with Gasteiger partial charge in [0, 0.05) is 24.0 Å². The number of esters is 1. The Morgan fingerprint density at radius 1 is 1.12 bits per heavy atom. The molecule has 9 heteroatoms. The Morgan fingerprint density at radius 3 is 2.51 bits per heavy atom. The first-order valence-electron chi connectivity index (χ1n) is 13.7. The summed E-state index contributed by atoms with van der Waals surface area (Å²) < 4.78 is 54.1. The van der Waals surface area contributed by atoms with E-state index in [-0.39, 0.29) is 17.4 Å². The number of nitrogens with one attached hydrogen (secondary N) is 1. The predicted octanol–water partition coefficient (Wildman–Crippen LogP) is 6.16. The molecule has 0 radical (unpaired) electrons. The fourth-order valence-electron chi connectivity index (χ4n) is 4.91. The third-order valence-corrected chi connectivity index (χ3v) is 8.01. The summed E-state index contributed by atoms with van der Waals surface area (Å²) in [5.41, 5.74) is 6.30. The Morgan fingerprint density at radius 2 is 1.85 bits per heavy atom. The lowest BCUT2D eigenvalue weighted by molar-refractivity contribution is -0.134. The number of anilines is 1. The molecule has 1 aliphatic rings. The molecule has 3 aromatic carbocycles. The average molecular weight is 582 g/mol. The summed E-state index contributed by atoms with van der Waals surface area (Å²) in [6.07, 6.45) is 5.82. The van der Waals surface area contributed by atoms with Gasteiger partial charge in [-0.2, -0.15) is 0 Å². The van der Waals surface area contributed by atoms with E-state index in [0.717, 1.165) is 46.4 Å². The van der Waals surface area contributed by atoms with E-state index in [0.29, 0.717) is 31.1 Å². The van der Waals surface area contributed by atoms with Crippen LogP contribution >= 0.6 is 0 Å². The van der Waals surface area contributed by atoms with E-state index in [1.807, 2.05) is 24.3 Å². The Kier molecular flexibility index (Phi) is 9.70. The van der Waals surface area contributed by atoms with Gasteiger partial charge in [0.25, 0.3) is 0 Å². The van der Waals surface area contributed by atoms with Crippen LogP contribution in [-0.4, -0.2) is 46.7 Å². The van der Waals surface area contributed by atoms with Gasteiger partial charge >= 0.3 is 5.97 Å². The molecule has 1 heterocycles. The largest absolute Gasteiger partial charge is 0.494 e. The molecular weight excluding hydrogens is 545 g/mol. The number of aryl methyl sites for hydroxylation is 2. The van der Waals surface area contributed by atoms with Crippen molar-refractivity contribution in [2.45, 2.75) is 39.2 Å². The van der Waals surface area contributed by atoms with Crippen LogP contribution in [0.2, 0.25) is 0 Å². The lowest BCUT2D eigenvalue weighted by Crippen LogP contribution is -2.24. The van der Waals surface area contributed by atoms with Crippen molar-refractivity contribution < 1.29 is 31.8 Å². The predicted molar refractivity (Wildman–Crippen MR) is 160 cm³/mol. The minimum Gasteiger partial charge on any atom is -0.494 e. The maximum absolute atomic E-state index is 14.8. The Hall–Kier alpha value is -3.85. The molecule has 0 saturated carbocycles. The van der Waals surface area contributed by atoms with E-state index in [2.05, 4.69) is 36.0 Å². The molecule has 1 unspecified atom stereocenters. The standard InChI is InChI=1S/C32H36FNO6S/c1-5-21-16-26(39-13-8-14-41(4,36)37)17-22(6-2)32(21)25-10-7-9-24(15-25)29-20-40-30-18-23(11-12-31(35)38-3)27(33)19-28(30)34-29/h7,9-12,15-19,29,34H,5-6,8,13-14,20H2,1-4H3/b12-11+. The van der Waals surface area contributed by atoms with E-state index in [1.54, 1.807) is 6.07 Å². The second-order valence-electron chi connectivity index (χ2n) is 10.0. The maximum atomic E-state index is 14.8. The van der Waals surface area contributed by atoms with Crippen molar-refractivity contribution in [1.29, 1.82) is 0 Å². The first-order chi connectivity index (χ1) is 19.6. The van der Waals surface area contributed by atoms with E-state index < -0.39 is 21.6 Å². The zero-order valence-electron chi connectivity index (χ0n) is 23.8. The van der Waals surface area contributed by atoms with E-state index >= 15 is 0 Å². The smallest absolute Gasteiger partial charge is 0.330 e. The second-order valence-corrected chi connectivity index (χ2v) is 12.3. The maximum Gasteiger partial charge on any atom is 0.330 e. The molecule has 7 nitrogen and oxygen atoms in total. The highest BCUT2D eigenvalue weighted by atomic mass is 32.2. The third-order valence-electron chi connectivity index (χ3n) is 6.98. The van der Waals surface area contributed by atoms with Gasteiger partial charge in [0.2, 0.25) is 0 Å². The molecule has 0 bridgehead atoms. The molecule has 0 aliphatic carbocycles. The average Bonchev–Trinajstić information content (AvgIpc) is 2.96. The van der Waals surface area contributed by atoms with Gasteiger partial charge in [-0.15, -0.1) is 0 Å². The summed E-state index contributed by atoms with van der Waals surface area (Å²) in [4.78, 5) is 11.4. The number of benzene rings is 3. The van der Waals surface area contributed by atoms with Crippen LogP contribution in [0.5, 0.6) is 11.5 Å². The summed E-state index contributed by atoms with van der Waals surface area (Å²) in [7, 11) is -1.75. The topological polar surface area (TPSA) is 90.9 Å². The van der Waals surface area contributed by atoms with Crippen molar-refractivity contribution >= 4 is 27.6 Å². The minimum absolute atomic E-state index is 0.1000. The Balaban J connectivity index is 1.56. The van der Waals surface area contributed by atoms with E-state index in [9.17, 15) is 17.6 Å². The van der Waals surface area contributed by atoms with Crippen LogP contribution in [0.25, 0.3) is 17.2 Å². The lowest BCUT2D eigenvalue weighted by Gasteiger charge is -2.28. The number of carbonyl (C=O) groups is 1. The van der Waals surface area contributed by atoms with Crippen LogP contribution in [0.15, 0.2) is 54.6 Å². The number of sulfone groups is 1. The lowest BCUT2D eigenvalue weighted by atomic mass is 9.89. The number of ether oxygens (including phenoxy) is 3. The van der Waals surface area contributed by atoms with Gasteiger partial charge in [-0.05, 0) is 77.4 Å². The van der Waals surface area contributed by atoms with Gasteiger partial charge in [-0.3, -0.25) is 0 Å². The molecule has 4 rings (SSSR count). The van der Waals surface area contributed by atoms with Crippen molar-refractivity contribution in [3.05, 3.63) is 82.7 Å². The number of hydrogen-bond donors (Lipinski definition) is 1. The minimum atomic E-state index is -3.02. The summed E-state index contributed by atoms with van der Waals surface area (Å²) in [6, 6.07) is 15.1. The molecule has 0 amide bonds. The SMILES string of the molecule is CCc1cc(OCCCS(C)(=O)=O)cc(CC)c1-c1cccc(C2COc3cc(/C=C/C(=O)OC)c(F)cc3N2)c1. The number of fused-ring (bicyclic) bond motifs is 1. The van der Waals surface area contributed by atoms with Crippen molar-refractivity contribution in [2.75, 3.05) is 37.6 Å². The van der Waals surface area contributed by atoms with Gasteiger partial charge in [-0.25, -0.2) is 17.6 Å². The molecule has 0 spiro atoms. The third kappa shape index (κ3) is 7.67. The Bertz CT molecular complexity index is 1520. The van der Waals surface area contributed by atoms with Crippen molar-refractivity contribution in [3.63, 3.8) is 0 Å². The number of rotatable bonds is 11. The quantitative estimate of drug-likeness (QED) is 0.165. The molecule has 0 aromatic heterocycles. The molecule has 218 valence electrons. The molecule has 1 aliphatic heterocycles. The molecule has 3 aromatic rings. The summed E-state index contributed by atoms with van der Waals surface area (Å²) in [5, 5.41) is 3.40. The summed E-state index contributed by atoms with van der Waals surface area (Å²) >= 11 is 0. The van der Waals surface area contributed by atoms with Crippen LogP contribution in [0.4, 0.5) is 10.1 Å². The number of halogens is 1. The van der Waals surface area contributed by atoms with Crippen LogP contribution in [0.1, 0.15) is 48.6 Å². The van der Waals surface area contributed by atoms with Crippen molar-refractivity contribution in [3.8, 4) is 22.6 Å². The Labute approximate surface area is 241 Å². The van der Waals surface area contributed by atoms with Crippen LogP contribution < -0.4 is 14.8 Å². The fourth-order valence-corrected chi connectivity index (χ4v) is 5.55. The van der Waals surface area contributed by atoms with Gasteiger partial charge in [0.15, 0.2) is 0 Å². The normalized spacial score (nSPS) is 14.7. The molecule has 0 saturated heterocycles. The highest BCUT2D eigenvalue weighted by Crippen LogP contribution is 2.38. The van der Waals surface area contributed by atoms with Crippen LogP contribution in [0, 0.1) is 5.82 Å². The van der Waals surface area contributed by atoms with Gasteiger partial charge in [-0.1, -0.05) is 32.0 Å². The molecule has 41 heavy (non-hydrogen) atoms. The number of methoxy groups -OCH3 is 1. The van der Waals surface area contributed by atoms with Crippen LogP contribution in [-0.2, 0) is 32.2 Å². The van der Waals surface area contributed by atoms with Crippen LogP contribution in [0.3, 0.4) is 0 Å². The van der Waals surface area contributed by atoms with Crippen molar-refractivity contribution in [2.24, 2.45) is 0 Å². The van der Waals surface area contributed by atoms with Gasteiger partial charge in [0.1, 0.15) is 33.8 Å². The summed E-state index contributed by atoms with van der Waals surface area (Å²) in [6.45, 7) is 4.90. The molecule has 1 N–H and O–H groups in total. The van der Waals surface area contributed by atoms with Crippen molar-refractivity contribution in [1.82, 2.24) is 0 Å². The number of carbonyl (C=O) groups excluding carboxylic acids is 1. The van der Waals surface area contributed by atoms with E-state index in [4.69, 9.17) is 9.47 Å². The zero-order chi connectivity index (χ0) is 29.6. The molecule has 0 fully saturated rings. The molecular formula is C32H36FNO6S. The fraction of sp³-hybridized carbons (Fsp3) is 0.344. The number of hydrogen-bond acceptors (Lipinski definition) is 7. The summed E-state index contributed by atoms with van der Waals surface area (Å²) in [5.74, 6) is 0.312. The van der Waals surface area contributed by atoms with Gasteiger partial charge < -0.3 is 19.5 Å². The monoisotopic (exact) mass is 581 g/mol. The highest BCUT2D eigenvalue weighted by molar-refractivity contribution is 7.90. The van der Waals surface area contributed by atoms with E-state index in [1.165, 1.54) is 31.6 Å². The molecule has 1 atom stereocenters. The first-order valence-corrected chi connectivity index (χ1v) is 15.7.